The lowest BCUT2D eigenvalue weighted by molar-refractivity contribution is -0.171. The first-order valence-corrected chi connectivity index (χ1v) is 15.9. The standard InChI is InChI=1S/C28H36ClF2N5O4S/c1-26(2,3)36-10-8-34(9-11-36)18-4-5-23(22(29)12-18)41(39,40)19-13-20(24(37)33-27(15-32)6-7-27)21(14-19)25(38)35-16-28(30,31)17-35/h4-5,12,19-21H,6-11,13-14,16-17H2,1-3H3,(H,33,37)/t19-,20-,21-/m1/s1. The van der Waals surface area contributed by atoms with Gasteiger partial charge in [0, 0.05) is 37.4 Å². The monoisotopic (exact) mass is 611 g/mol. The fourth-order valence-corrected chi connectivity index (χ4v) is 8.53. The van der Waals surface area contributed by atoms with E-state index in [0.29, 0.717) is 12.8 Å². The Labute approximate surface area is 244 Å². The highest BCUT2D eigenvalue weighted by molar-refractivity contribution is 7.92. The van der Waals surface area contributed by atoms with Gasteiger partial charge < -0.3 is 15.1 Å². The van der Waals surface area contributed by atoms with Crippen LogP contribution in [-0.2, 0) is 19.4 Å². The molecule has 1 N–H and O–H groups in total. The second-order valence-corrected chi connectivity index (χ2v) is 15.4. The maximum atomic E-state index is 13.8. The Morgan fingerprint density at radius 1 is 1.07 bits per heavy atom. The number of hydrogen-bond donors (Lipinski definition) is 1. The van der Waals surface area contributed by atoms with Crippen molar-refractivity contribution in [1.29, 1.82) is 5.26 Å². The summed E-state index contributed by atoms with van der Waals surface area (Å²) in [5, 5.41) is 11.0. The molecule has 4 fully saturated rings. The number of halogens is 3. The number of carbonyl (C=O) groups excluding carboxylic acids is 2. The lowest BCUT2D eigenvalue weighted by atomic mass is 9.92. The van der Waals surface area contributed by atoms with Gasteiger partial charge in [0.05, 0.1) is 46.2 Å². The highest BCUT2D eigenvalue weighted by Crippen LogP contribution is 2.44. The van der Waals surface area contributed by atoms with Crippen molar-refractivity contribution in [2.45, 2.75) is 73.6 Å². The molecule has 2 heterocycles. The van der Waals surface area contributed by atoms with Crippen LogP contribution in [0.15, 0.2) is 23.1 Å². The maximum absolute atomic E-state index is 13.8. The minimum atomic E-state index is -4.07. The number of nitrogens with one attached hydrogen (secondary N) is 1. The Bertz CT molecular complexity index is 1370. The van der Waals surface area contributed by atoms with Gasteiger partial charge in [0.15, 0.2) is 9.84 Å². The largest absolute Gasteiger partial charge is 0.369 e. The molecule has 2 aliphatic carbocycles. The fraction of sp³-hybridized carbons (Fsp3) is 0.679. The lowest BCUT2D eigenvalue weighted by Gasteiger charge is -2.43. The molecule has 2 amide bonds. The van der Waals surface area contributed by atoms with E-state index in [4.69, 9.17) is 11.6 Å². The minimum absolute atomic E-state index is 0.0559. The number of nitrogens with zero attached hydrogens (tertiary/aromatic N) is 4. The van der Waals surface area contributed by atoms with Gasteiger partial charge in [-0.15, -0.1) is 0 Å². The Kier molecular flexibility index (Phi) is 7.57. The van der Waals surface area contributed by atoms with Crippen LogP contribution in [0.2, 0.25) is 5.02 Å². The summed E-state index contributed by atoms with van der Waals surface area (Å²) in [6, 6.07) is 6.88. The summed E-state index contributed by atoms with van der Waals surface area (Å²) in [4.78, 5) is 31.8. The van der Waals surface area contributed by atoms with Gasteiger partial charge in [-0.05, 0) is 64.7 Å². The summed E-state index contributed by atoms with van der Waals surface area (Å²) in [7, 11) is -4.07. The van der Waals surface area contributed by atoms with E-state index in [0.717, 1.165) is 36.8 Å². The van der Waals surface area contributed by atoms with Gasteiger partial charge >= 0.3 is 0 Å². The first kappa shape index (κ1) is 30.0. The molecule has 13 heteroatoms. The molecular weight excluding hydrogens is 576 g/mol. The number of likely N-dealkylation sites (tertiary alicyclic amines) is 1. The average Bonchev–Trinajstić information content (AvgIpc) is 3.50. The van der Waals surface area contributed by atoms with Gasteiger partial charge in [0.2, 0.25) is 11.8 Å². The first-order chi connectivity index (χ1) is 19.1. The van der Waals surface area contributed by atoms with Crippen LogP contribution >= 0.6 is 11.6 Å². The zero-order chi connectivity index (χ0) is 30.0. The zero-order valence-corrected chi connectivity index (χ0v) is 25.1. The Hall–Kier alpha value is -2.49. The first-order valence-electron chi connectivity index (χ1n) is 14.0. The molecule has 3 atom stereocenters. The quantitative estimate of drug-likeness (QED) is 0.526. The van der Waals surface area contributed by atoms with E-state index >= 15 is 0 Å². The highest BCUT2D eigenvalue weighted by atomic mass is 35.5. The molecule has 0 spiro atoms. The van der Waals surface area contributed by atoms with Crippen LogP contribution in [0.1, 0.15) is 46.5 Å². The Morgan fingerprint density at radius 3 is 2.20 bits per heavy atom. The Balaban J connectivity index is 1.34. The van der Waals surface area contributed by atoms with Crippen LogP contribution in [0.3, 0.4) is 0 Å². The molecule has 0 bridgehead atoms. The number of alkyl halides is 2. The number of nitriles is 1. The van der Waals surface area contributed by atoms with E-state index in [9.17, 15) is 32.0 Å². The third kappa shape index (κ3) is 5.90. The predicted molar refractivity (Wildman–Crippen MR) is 149 cm³/mol. The smallest absolute Gasteiger partial charge is 0.282 e. The summed E-state index contributed by atoms with van der Waals surface area (Å²) in [6.45, 7) is 8.24. The van der Waals surface area contributed by atoms with Crippen molar-refractivity contribution in [2.24, 2.45) is 11.8 Å². The Morgan fingerprint density at radius 2 is 1.68 bits per heavy atom. The third-order valence-corrected chi connectivity index (χ3v) is 11.6. The molecule has 1 aromatic carbocycles. The van der Waals surface area contributed by atoms with Gasteiger partial charge in [-0.3, -0.25) is 14.5 Å². The SMILES string of the molecule is CC(C)(C)N1CCN(c2ccc(S(=O)(=O)[C@@H]3C[C@@H](C(=O)NC4(C#N)CC4)[C@H](C(=O)N4CC(F)(F)C4)C3)c(Cl)c2)CC1. The minimum Gasteiger partial charge on any atom is -0.369 e. The molecule has 2 saturated heterocycles. The van der Waals surface area contributed by atoms with E-state index in [-0.39, 0.29) is 28.3 Å². The molecule has 0 unspecified atom stereocenters. The van der Waals surface area contributed by atoms with Crippen LogP contribution in [0.5, 0.6) is 0 Å². The van der Waals surface area contributed by atoms with Crippen molar-refractivity contribution in [1.82, 2.24) is 15.1 Å². The molecule has 0 radical (unpaired) electrons. The number of sulfone groups is 1. The van der Waals surface area contributed by atoms with Crippen molar-refractivity contribution < 1.29 is 26.8 Å². The number of carbonyl (C=O) groups is 2. The third-order valence-electron chi connectivity index (χ3n) is 8.91. The van der Waals surface area contributed by atoms with Gasteiger partial charge in [-0.25, -0.2) is 17.2 Å². The number of benzene rings is 1. The topological polar surface area (TPSA) is 114 Å². The van der Waals surface area contributed by atoms with Crippen LogP contribution < -0.4 is 10.2 Å². The number of piperazine rings is 1. The molecule has 5 rings (SSSR count). The molecule has 1 aromatic rings. The summed E-state index contributed by atoms with van der Waals surface area (Å²) in [5.41, 5.74) is -0.145. The van der Waals surface area contributed by atoms with Gasteiger partial charge in [-0.1, -0.05) is 11.6 Å². The number of hydrogen-bond acceptors (Lipinski definition) is 7. The maximum Gasteiger partial charge on any atom is 0.282 e. The fourth-order valence-electron chi connectivity index (χ4n) is 6.16. The summed E-state index contributed by atoms with van der Waals surface area (Å²) in [6.07, 6.45) is 0.582. The van der Waals surface area contributed by atoms with Crippen molar-refractivity contribution in [3.8, 4) is 6.07 Å². The van der Waals surface area contributed by atoms with Crippen molar-refractivity contribution >= 4 is 38.9 Å². The molecule has 2 aliphatic heterocycles. The van der Waals surface area contributed by atoms with Gasteiger partial charge in [0.25, 0.3) is 5.92 Å². The highest BCUT2D eigenvalue weighted by Gasteiger charge is 2.55. The second-order valence-electron chi connectivity index (χ2n) is 12.8. The molecule has 4 aliphatic rings. The molecule has 41 heavy (non-hydrogen) atoms. The molecular formula is C28H36ClF2N5O4S. The average molecular weight is 612 g/mol. The number of amides is 2. The normalized spacial score (nSPS) is 27.6. The molecule has 224 valence electrons. The predicted octanol–water partition coefficient (Wildman–Crippen LogP) is 3.08. The number of anilines is 1. The van der Waals surface area contributed by atoms with Crippen molar-refractivity contribution in [3.63, 3.8) is 0 Å². The summed E-state index contributed by atoms with van der Waals surface area (Å²) < 4.78 is 54.6. The van der Waals surface area contributed by atoms with E-state index in [2.05, 4.69) is 42.0 Å². The molecule has 0 aromatic heterocycles. The van der Waals surface area contributed by atoms with E-state index in [1.165, 1.54) is 6.07 Å². The van der Waals surface area contributed by atoms with E-state index in [1.54, 1.807) is 12.1 Å². The second kappa shape index (κ2) is 10.3. The number of rotatable bonds is 6. The van der Waals surface area contributed by atoms with Gasteiger partial charge in [-0.2, -0.15) is 5.26 Å². The van der Waals surface area contributed by atoms with Crippen LogP contribution in [0.25, 0.3) is 0 Å². The summed E-state index contributed by atoms with van der Waals surface area (Å²) in [5.74, 6) is -6.39. The van der Waals surface area contributed by atoms with Crippen molar-refractivity contribution in [3.05, 3.63) is 23.2 Å². The van der Waals surface area contributed by atoms with Crippen LogP contribution in [0, 0.1) is 23.2 Å². The van der Waals surface area contributed by atoms with Crippen LogP contribution in [0.4, 0.5) is 14.5 Å². The van der Waals surface area contributed by atoms with Crippen molar-refractivity contribution in [2.75, 3.05) is 44.2 Å². The molecule has 2 saturated carbocycles. The van der Waals surface area contributed by atoms with E-state index in [1.807, 2.05) is 0 Å². The van der Waals surface area contributed by atoms with Gasteiger partial charge in [0.1, 0.15) is 5.54 Å². The van der Waals surface area contributed by atoms with E-state index < -0.39 is 63.3 Å². The molecule has 9 nitrogen and oxygen atoms in total. The zero-order valence-electron chi connectivity index (χ0n) is 23.5. The summed E-state index contributed by atoms with van der Waals surface area (Å²) >= 11 is 6.55. The lowest BCUT2D eigenvalue weighted by Crippen LogP contribution is -2.60. The van der Waals surface area contributed by atoms with Crippen LogP contribution in [-0.4, -0.2) is 91.6 Å².